The number of carbonyl (C=O) groups is 1. The zero-order valence-electron chi connectivity index (χ0n) is 10.7. The highest BCUT2D eigenvalue weighted by Crippen LogP contribution is 2.26. The molecule has 1 aromatic heterocycles. The van der Waals surface area contributed by atoms with E-state index < -0.39 is 11.9 Å². The van der Waals surface area contributed by atoms with Crippen LogP contribution in [0, 0.1) is 17.2 Å². The molecule has 0 bridgehead atoms. The van der Waals surface area contributed by atoms with Gasteiger partial charge >= 0.3 is 0 Å². The Morgan fingerprint density at radius 2 is 2.11 bits per heavy atom. The Morgan fingerprint density at radius 1 is 1.37 bits per heavy atom. The van der Waals surface area contributed by atoms with Gasteiger partial charge in [0.25, 0.3) is 5.91 Å². The van der Waals surface area contributed by atoms with Gasteiger partial charge in [-0.1, -0.05) is 25.3 Å². The number of rotatable bonds is 3. The van der Waals surface area contributed by atoms with Crippen molar-refractivity contribution in [3.8, 4) is 6.07 Å². The Bertz CT molecular complexity index is 538. The minimum absolute atomic E-state index is 0.198. The van der Waals surface area contributed by atoms with Gasteiger partial charge in [0.05, 0.1) is 6.07 Å². The second-order valence-electron chi connectivity index (χ2n) is 4.91. The van der Waals surface area contributed by atoms with Crippen LogP contribution in [0.5, 0.6) is 0 Å². The molecule has 1 unspecified atom stereocenters. The lowest BCUT2D eigenvalue weighted by molar-refractivity contribution is 0.0923. The Morgan fingerprint density at radius 3 is 2.74 bits per heavy atom. The SMILES string of the molecule is N#CC(NC(=O)c1cccc(=O)[nH]1)C1CCCCC1. The molecule has 19 heavy (non-hydrogen) atoms. The van der Waals surface area contributed by atoms with Gasteiger partial charge in [-0.15, -0.1) is 0 Å². The average molecular weight is 259 g/mol. The van der Waals surface area contributed by atoms with Crippen molar-refractivity contribution < 1.29 is 4.79 Å². The topological polar surface area (TPSA) is 85.8 Å². The number of aromatic nitrogens is 1. The monoisotopic (exact) mass is 259 g/mol. The maximum absolute atomic E-state index is 12.0. The van der Waals surface area contributed by atoms with E-state index >= 15 is 0 Å². The molecule has 5 heteroatoms. The summed E-state index contributed by atoms with van der Waals surface area (Å²) in [5.74, 6) is -0.173. The third-order valence-electron chi connectivity index (χ3n) is 3.56. The molecular formula is C14H17N3O2. The van der Waals surface area contributed by atoms with Crippen LogP contribution >= 0.6 is 0 Å². The molecule has 0 aromatic carbocycles. The predicted molar refractivity (Wildman–Crippen MR) is 70.5 cm³/mol. The van der Waals surface area contributed by atoms with Gasteiger partial charge in [-0.2, -0.15) is 5.26 Å². The van der Waals surface area contributed by atoms with Crippen LogP contribution in [0.4, 0.5) is 0 Å². The number of carbonyl (C=O) groups excluding carboxylic acids is 1. The summed E-state index contributed by atoms with van der Waals surface area (Å²) < 4.78 is 0. The highest BCUT2D eigenvalue weighted by Gasteiger charge is 2.25. The van der Waals surface area contributed by atoms with Crippen molar-refractivity contribution >= 4 is 5.91 Å². The Labute approximate surface area is 111 Å². The third-order valence-corrected chi connectivity index (χ3v) is 3.56. The first kappa shape index (κ1) is 13.3. The van der Waals surface area contributed by atoms with Crippen molar-refractivity contribution in [2.75, 3.05) is 0 Å². The van der Waals surface area contributed by atoms with Crippen LogP contribution in [0.25, 0.3) is 0 Å². The van der Waals surface area contributed by atoms with E-state index in [0.29, 0.717) is 0 Å². The summed E-state index contributed by atoms with van der Waals surface area (Å²) in [6.45, 7) is 0. The van der Waals surface area contributed by atoms with Crippen molar-refractivity contribution in [2.45, 2.75) is 38.1 Å². The number of amides is 1. The fourth-order valence-corrected chi connectivity index (χ4v) is 2.52. The summed E-state index contributed by atoms with van der Waals surface area (Å²) in [5, 5.41) is 11.9. The van der Waals surface area contributed by atoms with Gasteiger partial charge in [-0.3, -0.25) is 9.59 Å². The van der Waals surface area contributed by atoms with Crippen LogP contribution in [0.2, 0.25) is 0 Å². The second kappa shape index (κ2) is 6.19. The molecule has 0 aliphatic heterocycles. The first-order valence-electron chi connectivity index (χ1n) is 6.60. The van der Waals surface area contributed by atoms with E-state index in [1.54, 1.807) is 0 Å². The maximum atomic E-state index is 12.0. The maximum Gasteiger partial charge on any atom is 0.268 e. The fourth-order valence-electron chi connectivity index (χ4n) is 2.52. The highest BCUT2D eigenvalue weighted by molar-refractivity contribution is 5.92. The van der Waals surface area contributed by atoms with E-state index in [0.717, 1.165) is 25.7 Å². The smallest absolute Gasteiger partial charge is 0.268 e. The number of H-pyrrole nitrogens is 1. The van der Waals surface area contributed by atoms with Crippen molar-refractivity contribution in [3.05, 3.63) is 34.2 Å². The molecule has 0 spiro atoms. The van der Waals surface area contributed by atoms with Crippen LogP contribution in [-0.4, -0.2) is 16.9 Å². The summed E-state index contributed by atoms with van der Waals surface area (Å²) in [5.41, 5.74) is -0.123. The second-order valence-corrected chi connectivity index (χ2v) is 4.91. The predicted octanol–water partition coefficient (Wildman–Crippen LogP) is 1.58. The first-order chi connectivity index (χ1) is 9.20. The lowest BCUT2D eigenvalue weighted by Crippen LogP contribution is -2.40. The van der Waals surface area contributed by atoms with Crippen LogP contribution < -0.4 is 10.9 Å². The van der Waals surface area contributed by atoms with Crippen LogP contribution in [0.3, 0.4) is 0 Å². The van der Waals surface area contributed by atoms with Gasteiger partial charge in [0.2, 0.25) is 5.56 Å². The Kier molecular flexibility index (Phi) is 4.35. The van der Waals surface area contributed by atoms with E-state index in [4.69, 9.17) is 0 Å². The molecule has 1 aromatic rings. The summed E-state index contributed by atoms with van der Waals surface area (Å²) in [4.78, 5) is 25.6. The van der Waals surface area contributed by atoms with Gasteiger partial charge in [0.15, 0.2) is 0 Å². The molecule has 1 aliphatic rings. The van der Waals surface area contributed by atoms with Crippen LogP contribution in [-0.2, 0) is 0 Å². The Hall–Kier alpha value is -2.09. The molecule has 1 aliphatic carbocycles. The van der Waals surface area contributed by atoms with Crippen molar-refractivity contribution in [1.29, 1.82) is 5.26 Å². The van der Waals surface area contributed by atoms with E-state index in [1.165, 1.54) is 24.6 Å². The standard InChI is InChI=1S/C14H17N3O2/c15-9-12(10-5-2-1-3-6-10)17-14(19)11-7-4-8-13(18)16-11/h4,7-8,10,12H,1-3,5-6H2,(H,16,18)(H,17,19). The number of hydrogen-bond donors (Lipinski definition) is 2. The Balaban J connectivity index is 2.04. The molecule has 1 saturated carbocycles. The summed E-state index contributed by atoms with van der Waals surface area (Å²) in [7, 11) is 0. The van der Waals surface area contributed by atoms with Crippen molar-refractivity contribution in [2.24, 2.45) is 5.92 Å². The molecule has 5 nitrogen and oxygen atoms in total. The van der Waals surface area contributed by atoms with E-state index in [9.17, 15) is 14.9 Å². The molecule has 2 rings (SSSR count). The van der Waals surface area contributed by atoms with Gasteiger partial charge in [0, 0.05) is 6.07 Å². The van der Waals surface area contributed by atoms with Crippen LogP contribution in [0.1, 0.15) is 42.6 Å². The molecule has 1 fully saturated rings. The third kappa shape index (κ3) is 3.44. The number of nitriles is 1. The van der Waals surface area contributed by atoms with Crippen molar-refractivity contribution in [3.63, 3.8) is 0 Å². The summed E-state index contributed by atoms with van der Waals surface area (Å²) in [6, 6.07) is 6.09. The van der Waals surface area contributed by atoms with E-state index in [1.807, 2.05) is 0 Å². The average Bonchev–Trinajstić information content (AvgIpc) is 2.45. The van der Waals surface area contributed by atoms with Gasteiger partial charge in [0.1, 0.15) is 11.7 Å². The molecule has 0 saturated heterocycles. The number of nitrogens with one attached hydrogen (secondary N) is 2. The lowest BCUT2D eigenvalue weighted by atomic mass is 9.84. The largest absolute Gasteiger partial charge is 0.335 e. The molecule has 0 radical (unpaired) electrons. The van der Waals surface area contributed by atoms with Crippen molar-refractivity contribution in [1.82, 2.24) is 10.3 Å². The molecule has 1 atom stereocenters. The summed E-state index contributed by atoms with van der Waals surface area (Å²) >= 11 is 0. The summed E-state index contributed by atoms with van der Waals surface area (Å²) in [6.07, 6.45) is 5.38. The van der Waals surface area contributed by atoms with E-state index in [2.05, 4.69) is 16.4 Å². The fraction of sp³-hybridized carbons (Fsp3) is 0.500. The molecule has 1 heterocycles. The zero-order valence-corrected chi connectivity index (χ0v) is 10.7. The lowest BCUT2D eigenvalue weighted by Gasteiger charge is -2.26. The number of aromatic amines is 1. The quantitative estimate of drug-likeness (QED) is 0.864. The van der Waals surface area contributed by atoms with E-state index in [-0.39, 0.29) is 17.2 Å². The normalized spacial score (nSPS) is 17.4. The zero-order chi connectivity index (χ0) is 13.7. The number of pyridine rings is 1. The molecule has 1 amide bonds. The molecule has 2 N–H and O–H groups in total. The van der Waals surface area contributed by atoms with Gasteiger partial charge in [-0.25, -0.2) is 0 Å². The molecule has 100 valence electrons. The van der Waals surface area contributed by atoms with Crippen LogP contribution in [0.15, 0.2) is 23.0 Å². The number of hydrogen-bond acceptors (Lipinski definition) is 3. The minimum Gasteiger partial charge on any atom is -0.335 e. The number of nitrogens with zero attached hydrogens (tertiary/aromatic N) is 1. The minimum atomic E-state index is -0.475. The van der Waals surface area contributed by atoms with Gasteiger partial charge in [-0.05, 0) is 24.8 Å². The molecular weight excluding hydrogens is 242 g/mol. The van der Waals surface area contributed by atoms with Gasteiger partial charge < -0.3 is 10.3 Å². The highest BCUT2D eigenvalue weighted by atomic mass is 16.2. The first-order valence-corrected chi connectivity index (χ1v) is 6.60.